The van der Waals surface area contributed by atoms with E-state index >= 15 is 0 Å². The van der Waals surface area contributed by atoms with E-state index in [-0.39, 0.29) is 15.4 Å². The molecule has 4 aromatic rings. The summed E-state index contributed by atoms with van der Waals surface area (Å²) in [5.41, 5.74) is 1.82. The average molecular weight is 422 g/mol. The number of hydrogen-bond donors (Lipinski definition) is 0. The van der Waals surface area contributed by atoms with Gasteiger partial charge in [0.2, 0.25) is 9.84 Å². The van der Waals surface area contributed by atoms with Gasteiger partial charge in [0.15, 0.2) is 5.78 Å². The minimum atomic E-state index is -4.00. The van der Waals surface area contributed by atoms with E-state index < -0.39 is 15.6 Å². The molecule has 4 nitrogen and oxygen atoms in total. The highest BCUT2D eigenvalue weighted by Crippen LogP contribution is 2.33. The Bertz CT molecular complexity index is 1330. The summed E-state index contributed by atoms with van der Waals surface area (Å²) in [6.45, 7) is 1.86. The van der Waals surface area contributed by atoms with Crippen LogP contribution in [-0.4, -0.2) is 19.2 Å². The first-order valence-electron chi connectivity index (χ1n) is 8.88. The highest BCUT2D eigenvalue weighted by molar-refractivity contribution is 7.91. The maximum absolute atomic E-state index is 13.6. The van der Waals surface area contributed by atoms with Gasteiger partial charge in [-0.1, -0.05) is 53.6 Å². The number of aryl methyl sites for hydroxylation is 1. The maximum Gasteiger partial charge on any atom is 0.208 e. The van der Waals surface area contributed by atoms with E-state index in [1.165, 1.54) is 30.5 Å². The molecule has 1 aromatic heterocycles. The first-order chi connectivity index (χ1) is 13.9. The van der Waals surface area contributed by atoms with Crippen LogP contribution in [0.15, 0.2) is 88.8 Å². The molecule has 0 bridgehead atoms. The molecule has 0 saturated heterocycles. The van der Waals surface area contributed by atoms with Crippen LogP contribution >= 0.6 is 11.6 Å². The van der Waals surface area contributed by atoms with Crippen LogP contribution in [0.1, 0.15) is 21.5 Å². The number of hydrogen-bond acceptors (Lipinski definition) is 4. The van der Waals surface area contributed by atoms with Crippen molar-refractivity contribution in [1.82, 2.24) is 4.98 Å². The number of pyridine rings is 1. The SMILES string of the molecule is Cc1ccc2ncc(C(=O)c3ccccc3)c(S(=O)(=O)c3ccc(Cl)cc3)c2c1. The summed E-state index contributed by atoms with van der Waals surface area (Å²) in [5.74, 6) is -0.394. The number of fused-ring (bicyclic) bond motifs is 1. The van der Waals surface area contributed by atoms with Gasteiger partial charge in [-0.25, -0.2) is 8.42 Å². The van der Waals surface area contributed by atoms with Crippen molar-refractivity contribution in [2.75, 3.05) is 0 Å². The third-order valence-corrected chi connectivity index (χ3v) is 6.77. The number of benzene rings is 3. The lowest BCUT2D eigenvalue weighted by atomic mass is 10.0. The molecule has 1 heterocycles. The van der Waals surface area contributed by atoms with E-state index in [0.29, 0.717) is 21.5 Å². The predicted molar refractivity (Wildman–Crippen MR) is 113 cm³/mol. The van der Waals surface area contributed by atoms with Crippen LogP contribution in [0.25, 0.3) is 10.9 Å². The molecule has 0 atom stereocenters. The number of carbonyl (C=O) groups is 1. The third-order valence-electron chi connectivity index (χ3n) is 4.65. The summed E-state index contributed by atoms with van der Waals surface area (Å²) in [5, 5.41) is 0.849. The number of carbonyl (C=O) groups excluding carboxylic acids is 1. The molecule has 3 aromatic carbocycles. The van der Waals surface area contributed by atoms with E-state index in [9.17, 15) is 13.2 Å². The van der Waals surface area contributed by atoms with Gasteiger partial charge < -0.3 is 0 Å². The maximum atomic E-state index is 13.6. The quantitative estimate of drug-likeness (QED) is 0.421. The van der Waals surface area contributed by atoms with E-state index in [1.807, 2.05) is 13.0 Å². The highest BCUT2D eigenvalue weighted by Gasteiger charge is 2.28. The minimum Gasteiger partial charge on any atom is -0.289 e. The Morgan fingerprint density at radius 3 is 2.31 bits per heavy atom. The van der Waals surface area contributed by atoms with Crippen molar-refractivity contribution in [1.29, 1.82) is 0 Å². The molecule has 0 N–H and O–H groups in total. The van der Waals surface area contributed by atoms with Gasteiger partial charge >= 0.3 is 0 Å². The molecule has 0 aliphatic heterocycles. The molecule has 0 saturated carbocycles. The number of halogens is 1. The summed E-state index contributed by atoms with van der Waals surface area (Å²) >= 11 is 5.93. The van der Waals surface area contributed by atoms with Gasteiger partial charge in [-0.15, -0.1) is 0 Å². The topological polar surface area (TPSA) is 64.1 Å². The van der Waals surface area contributed by atoms with Crippen LogP contribution in [0.2, 0.25) is 5.02 Å². The molecule has 0 aliphatic rings. The first kappa shape index (κ1) is 19.3. The largest absolute Gasteiger partial charge is 0.289 e. The molecule has 144 valence electrons. The van der Waals surface area contributed by atoms with Gasteiger partial charge in [0.25, 0.3) is 0 Å². The van der Waals surface area contributed by atoms with Gasteiger partial charge in [0, 0.05) is 22.2 Å². The Morgan fingerprint density at radius 2 is 1.62 bits per heavy atom. The van der Waals surface area contributed by atoms with E-state index in [2.05, 4.69) is 4.98 Å². The van der Waals surface area contributed by atoms with Crippen LogP contribution in [0.4, 0.5) is 0 Å². The molecule has 0 unspecified atom stereocenters. The summed E-state index contributed by atoms with van der Waals surface area (Å²) in [7, 11) is -4.00. The smallest absolute Gasteiger partial charge is 0.208 e. The fourth-order valence-corrected chi connectivity index (χ4v) is 4.95. The lowest BCUT2D eigenvalue weighted by Gasteiger charge is -2.14. The van der Waals surface area contributed by atoms with Gasteiger partial charge in [-0.05, 0) is 43.3 Å². The van der Waals surface area contributed by atoms with Gasteiger partial charge in [0.05, 0.1) is 20.9 Å². The fourth-order valence-electron chi connectivity index (χ4n) is 3.21. The monoisotopic (exact) mass is 421 g/mol. The van der Waals surface area contributed by atoms with Crippen molar-refractivity contribution in [2.45, 2.75) is 16.7 Å². The summed E-state index contributed by atoms with van der Waals surface area (Å²) < 4.78 is 27.2. The van der Waals surface area contributed by atoms with Gasteiger partial charge in [-0.2, -0.15) is 0 Å². The Hall–Kier alpha value is -3.02. The van der Waals surface area contributed by atoms with Crippen LogP contribution in [-0.2, 0) is 9.84 Å². The van der Waals surface area contributed by atoms with Crippen molar-refractivity contribution < 1.29 is 13.2 Å². The fraction of sp³-hybridized carbons (Fsp3) is 0.0435. The van der Waals surface area contributed by atoms with E-state index in [0.717, 1.165) is 5.56 Å². The molecule has 0 radical (unpaired) electrons. The first-order valence-corrected chi connectivity index (χ1v) is 10.7. The van der Waals surface area contributed by atoms with Crippen LogP contribution in [0.5, 0.6) is 0 Å². The molecule has 4 rings (SSSR count). The number of rotatable bonds is 4. The van der Waals surface area contributed by atoms with Crippen LogP contribution < -0.4 is 0 Å². The molecular weight excluding hydrogens is 406 g/mol. The highest BCUT2D eigenvalue weighted by atomic mass is 35.5. The normalized spacial score (nSPS) is 11.5. The Balaban J connectivity index is 2.05. The Kier molecular flexibility index (Phi) is 4.94. The molecule has 29 heavy (non-hydrogen) atoms. The molecular formula is C23H16ClNO3S. The lowest BCUT2D eigenvalue weighted by molar-refractivity contribution is 0.103. The van der Waals surface area contributed by atoms with Crippen molar-refractivity contribution in [3.63, 3.8) is 0 Å². The van der Waals surface area contributed by atoms with Gasteiger partial charge in [0.1, 0.15) is 0 Å². The van der Waals surface area contributed by atoms with Crippen molar-refractivity contribution in [3.05, 3.63) is 101 Å². The number of sulfone groups is 1. The second-order valence-electron chi connectivity index (χ2n) is 6.67. The number of aromatic nitrogens is 1. The van der Waals surface area contributed by atoms with Crippen LogP contribution in [0, 0.1) is 6.92 Å². The average Bonchev–Trinajstić information content (AvgIpc) is 2.73. The zero-order chi connectivity index (χ0) is 20.6. The molecule has 0 spiro atoms. The van der Waals surface area contributed by atoms with Crippen molar-refractivity contribution >= 4 is 38.1 Å². The second-order valence-corrected chi connectivity index (χ2v) is 9.00. The molecule has 0 fully saturated rings. The van der Waals surface area contributed by atoms with E-state index in [4.69, 9.17) is 11.6 Å². The number of nitrogens with zero attached hydrogens (tertiary/aromatic N) is 1. The zero-order valence-electron chi connectivity index (χ0n) is 15.5. The third kappa shape index (κ3) is 3.55. The van der Waals surface area contributed by atoms with Gasteiger partial charge in [-0.3, -0.25) is 9.78 Å². The predicted octanol–water partition coefficient (Wildman–Crippen LogP) is 5.26. The van der Waals surface area contributed by atoms with E-state index in [1.54, 1.807) is 42.5 Å². The van der Waals surface area contributed by atoms with Crippen LogP contribution in [0.3, 0.4) is 0 Å². The summed E-state index contributed by atoms with van der Waals surface area (Å²) in [6.07, 6.45) is 1.34. The zero-order valence-corrected chi connectivity index (χ0v) is 17.0. The lowest BCUT2D eigenvalue weighted by Crippen LogP contribution is -2.12. The minimum absolute atomic E-state index is 0.0395. The standard InChI is InChI=1S/C23H16ClNO3S/c1-15-7-12-21-19(13-15)23(29(27,28)18-10-8-17(24)9-11-18)20(14-25-21)22(26)16-5-3-2-4-6-16/h2-14H,1H3. The molecule has 0 aliphatic carbocycles. The van der Waals surface area contributed by atoms with Crippen molar-refractivity contribution in [2.24, 2.45) is 0 Å². The molecule has 0 amide bonds. The Labute approximate surface area is 173 Å². The van der Waals surface area contributed by atoms with Crippen molar-refractivity contribution in [3.8, 4) is 0 Å². The Morgan fingerprint density at radius 1 is 0.931 bits per heavy atom. The summed E-state index contributed by atoms with van der Waals surface area (Å²) in [6, 6.07) is 19.8. The molecule has 6 heteroatoms. The summed E-state index contributed by atoms with van der Waals surface area (Å²) in [4.78, 5) is 17.6. The second kappa shape index (κ2) is 7.43. The number of ketones is 1.